The van der Waals surface area contributed by atoms with Crippen LogP contribution in [0.2, 0.25) is 5.02 Å². The van der Waals surface area contributed by atoms with Gasteiger partial charge < -0.3 is 5.32 Å². The first-order valence-corrected chi connectivity index (χ1v) is 6.35. The van der Waals surface area contributed by atoms with Gasteiger partial charge in [-0.3, -0.25) is 4.68 Å². The summed E-state index contributed by atoms with van der Waals surface area (Å²) in [5.41, 5.74) is 3.41. The molecule has 0 amide bonds. The highest BCUT2D eigenvalue weighted by molar-refractivity contribution is 6.30. The molecule has 0 aliphatic heterocycles. The van der Waals surface area contributed by atoms with Gasteiger partial charge in [0, 0.05) is 12.1 Å². The van der Waals surface area contributed by atoms with Crippen LogP contribution in [-0.4, -0.2) is 21.5 Å². The fourth-order valence-electron chi connectivity index (χ4n) is 2.10. The molecule has 96 valence electrons. The molecule has 1 aromatic heterocycles. The second-order valence-electron chi connectivity index (χ2n) is 4.27. The summed E-state index contributed by atoms with van der Waals surface area (Å²) in [5.74, 6) is 0. The molecule has 1 heterocycles. The number of benzene rings is 1. The predicted octanol–water partition coefficient (Wildman–Crippen LogP) is 2.48. The monoisotopic (exact) mass is 264 g/mol. The van der Waals surface area contributed by atoms with Gasteiger partial charge in [-0.1, -0.05) is 29.8 Å². The summed E-state index contributed by atoms with van der Waals surface area (Å²) in [4.78, 5) is 0. The lowest BCUT2D eigenvalue weighted by Crippen LogP contribution is -2.25. The van der Waals surface area contributed by atoms with Crippen LogP contribution in [0.25, 0.3) is 0 Å². The summed E-state index contributed by atoms with van der Waals surface area (Å²) in [6.45, 7) is 5.02. The summed E-state index contributed by atoms with van der Waals surface area (Å²) < 4.78 is 1.79. The molecule has 0 radical (unpaired) electrons. The third kappa shape index (κ3) is 2.54. The van der Waals surface area contributed by atoms with E-state index in [-0.39, 0.29) is 6.04 Å². The molecule has 0 aliphatic rings. The van der Waals surface area contributed by atoms with Gasteiger partial charge in [0.05, 0.1) is 17.9 Å². The fraction of sp³-hybridized carbons (Fsp3) is 0.385. The molecule has 2 rings (SSSR count). The number of hydrogen-bond donors (Lipinski definition) is 1. The Bertz CT molecular complexity index is 536. The molecule has 0 bridgehead atoms. The van der Waals surface area contributed by atoms with E-state index in [4.69, 9.17) is 11.6 Å². The van der Waals surface area contributed by atoms with Crippen LogP contribution in [0.15, 0.2) is 24.4 Å². The molecular formula is C13H17ClN4. The summed E-state index contributed by atoms with van der Waals surface area (Å²) in [6.07, 6.45) is 1.79. The topological polar surface area (TPSA) is 42.7 Å². The quantitative estimate of drug-likeness (QED) is 0.923. The number of halogens is 1. The molecule has 1 unspecified atom stereocenters. The maximum atomic E-state index is 6.00. The SMILES string of the molecule is CCNC(c1ccc(Cl)cc1C)c1cnnn1C. The zero-order valence-electron chi connectivity index (χ0n) is 10.8. The lowest BCUT2D eigenvalue weighted by Gasteiger charge is -2.20. The summed E-state index contributed by atoms with van der Waals surface area (Å²) in [6, 6.07) is 6.04. The van der Waals surface area contributed by atoms with E-state index in [1.807, 2.05) is 19.2 Å². The Morgan fingerprint density at radius 1 is 1.44 bits per heavy atom. The highest BCUT2D eigenvalue weighted by Crippen LogP contribution is 2.26. The standard InChI is InChI=1S/C13H17ClN4/c1-4-15-13(12-8-16-17-18(12)3)11-6-5-10(14)7-9(11)2/h5-8,13,15H,4H2,1-3H3. The third-order valence-electron chi connectivity index (χ3n) is 3.00. The molecule has 0 aliphatic carbocycles. The second kappa shape index (κ2) is 5.50. The Morgan fingerprint density at radius 3 is 2.78 bits per heavy atom. The number of hydrogen-bond acceptors (Lipinski definition) is 3. The number of nitrogens with zero attached hydrogens (tertiary/aromatic N) is 3. The van der Waals surface area contributed by atoms with E-state index in [1.54, 1.807) is 10.9 Å². The van der Waals surface area contributed by atoms with Crippen molar-refractivity contribution in [1.82, 2.24) is 20.3 Å². The van der Waals surface area contributed by atoms with Crippen molar-refractivity contribution in [3.63, 3.8) is 0 Å². The van der Waals surface area contributed by atoms with Crippen molar-refractivity contribution in [2.75, 3.05) is 6.54 Å². The van der Waals surface area contributed by atoms with Crippen molar-refractivity contribution < 1.29 is 0 Å². The van der Waals surface area contributed by atoms with Crippen LogP contribution in [0.5, 0.6) is 0 Å². The molecule has 1 aromatic carbocycles. The lowest BCUT2D eigenvalue weighted by molar-refractivity contribution is 0.566. The van der Waals surface area contributed by atoms with Gasteiger partial charge in [-0.05, 0) is 36.7 Å². The fourth-order valence-corrected chi connectivity index (χ4v) is 2.33. The van der Waals surface area contributed by atoms with Gasteiger partial charge in [0.1, 0.15) is 0 Å². The van der Waals surface area contributed by atoms with Gasteiger partial charge in [0.25, 0.3) is 0 Å². The van der Waals surface area contributed by atoms with Crippen LogP contribution in [0.3, 0.4) is 0 Å². The molecule has 1 N–H and O–H groups in total. The zero-order valence-corrected chi connectivity index (χ0v) is 11.6. The van der Waals surface area contributed by atoms with E-state index in [2.05, 4.69) is 35.5 Å². The van der Waals surface area contributed by atoms with Crippen LogP contribution in [0.4, 0.5) is 0 Å². The maximum Gasteiger partial charge on any atom is 0.0798 e. The van der Waals surface area contributed by atoms with E-state index in [9.17, 15) is 0 Å². The van der Waals surface area contributed by atoms with Gasteiger partial charge in [-0.25, -0.2) is 0 Å². The normalized spacial score (nSPS) is 12.7. The molecule has 18 heavy (non-hydrogen) atoms. The summed E-state index contributed by atoms with van der Waals surface area (Å²) in [5, 5.41) is 12.2. The average molecular weight is 265 g/mol. The number of aromatic nitrogens is 3. The summed E-state index contributed by atoms with van der Waals surface area (Å²) >= 11 is 6.00. The van der Waals surface area contributed by atoms with Crippen molar-refractivity contribution in [3.05, 3.63) is 46.2 Å². The Kier molecular flexibility index (Phi) is 3.99. The van der Waals surface area contributed by atoms with Gasteiger partial charge in [0.2, 0.25) is 0 Å². The zero-order chi connectivity index (χ0) is 13.1. The molecule has 4 nitrogen and oxygen atoms in total. The Morgan fingerprint density at radius 2 is 2.22 bits per heavy atom. The minimum Gasteiger partial charge on any atom is -0.305 e. The molecule has 2 aromatic rings. The lowest BCUT2D eigenvalue weighted by atomic mass is 9.99. The Balaban J connectivity index is 2.45. The molecule has 0 saturated heterocycles. The van der Waals surface area contributed by atoms with E-state index < -0.39 is 0 Å². The first-order chi connectivity index (χ1) is 8.63. The van der Waals surface area contributed by atoms with Crippen LogP contribution in [-0.2, 0) is 7.05 Å². The van der Waals surface area contributed by atoms with Crippen molar-refractivity contribution in [2.45, 2.75) is 19.9 Å². The van der Waals surface area contributed by atoms with Crippen molar-refractivity contribution >= 4 is 11.6 Å². The molecule has 0 saturated carbocycles. The number of rotatable bonds is 4. The van der Waals surface area contributed by atoms with Gasteiger partial charge in [-0.15, -0.1) is 5.10 Å². The van der Waals surface area contributed by atoms with Crippen LogP contribution in [0.1, 0.15) is 29.8 Å². The van der Waals surface area contributed by atoms with Gasteiger partial charge >= 0.3 is 0 Å². The molecule has 5 heteroatoms. The van der Waals surface area contributed by atoms with Crippen molar-refractivity contribution in [1.29, 1.82) is 0 Å². The largest absolute Gasteiger partial charge is 0.305 e. The predicted molar refractivity (Wildman–Crippen MR) is 72.7 cm³/mol. The smallest absolute Gasteiger partial charge is 0.0798 e. The van der Waals surface area contributed by atoms with E-state index in [0.29, 0.717) is 0 Å². The average Bonchev–Trinajstić information content (AvgIpc) is 2.73. The highest BCUT2D eigenvalue weighted by Gasteiger charge is 2.18. The molecule has 0 spiro atoms. The number of nitrogens with one attached hydrogen (secondary N) is 1. The van der Waals surface area contributed by atoms with E-state index >= 15 is 0 Å². The number of aryl methyl sites for hydroxylation is 2. The van der Waals surface area contributed by atoms with Crippen molar-refractivity contribution in [3.8, 4) is 0 Å². The van der Waals surface area contributed by atoms with Crippen molar-refractivity contribution in [2.24, 2.45) is 7.05 Å². The first-order valence-electron chi connectivity index (χ1n) is 5.97. The second-order valence-corrected chi connectivity index (χ2v) is 4.71. The van der Waals surface area contributed by atoms with Gasteiger partial charge in [-0.2, -0.15) is 0 Å². The minimum absolute atomic E-state index is 0.0901. The van der Waals surface area contributed by atoms with Crippen LogP contribution in [0, 0.1) is 6.92 Å². The molecule has 0 fully saturated rings. The molecular weight excluding hydrogens is 248 g/mol. The minimum atomic E-state index is 0.0901. The highest BCUT2D eigenvalue weighted by atomic mass is 35.5. The van der Waals surface area contributed by atoms with E-state index in [1.165, 1.54) is 5.56 Å². The van der Waals surface area contributed by atoms with E-state index in [0.717, 1.165) is 22.8 Å². The Labute approximate surface area is 112 Å². The third-order valence-corrected chi connectivity index (χ3v) is 3.23. The Hall–Kier alpha value is -1.39. The summed E-state index contributed by atoms with van der Waals surface area (Å²) in [7, 11) is 1.90. The maximum absolute atomic E-state index is 6.00. The first kappa shape index (κ1) is 13.1. The van der Waals surface area contributed by atoms with Crippen LogP contribution >= 0.6 is 11.6 Å². The van der Waals surface area contributed by atoms with Crippen LogP contribution < -0.4 is 5.32 Å². The molecule has 1 atom stereocenters. The van der Waals surface area contributed by atoms with Gasteiger partial charge in [0.15, 0.2) is 0 Å².